The number of likely N-dealkylation sites (tertiary alicyclic amines) is 1. The van der Waals surface area contributed by atoms with Crippen molar-refractivity contribution < 1.29 is 14.3 Å². The topological polar surface area (TPSA) is 56.7 Å². The van der Waals surface area contributed by atoms with E-state index in [1.807, 2.05) is 5.38 Å². The number of rotatable bonds is 4. The van der Waals surface area contributed by atoms with Gasteiger partial charge in [0.25, 0.3) is 5.91 Å². The highest BCUT2D eigenvalue weighted by Gasteiger charge is 2.37. The van der Waals surface area contributed by atoms with E-state index in [-0.39, 0.29) is 11.7 Å². The maximum Gasteiger partial charge on any atom is 0.253 e. The Kier molecular flexibility index (Phi) is 5.80. The van der Waals surface area contributed by atoms with Gasteiger partial charge in [-0.2, -0.15) is 0 Å². The zero-order chi connectivity index (χ0) is 22.1. The van der Waals surface area contributed by atoms with Crippen molar-refractivity contribution in [3.63, 3.8) is 0 Å². The van der Waals surface area contributed by atoms with E-state index in [2.05, 4.69) is 29.2 Å². The lowest BCUT2D eigenvalue weighted by molar-refractivity contribution is -0.0241. The van der Waals surface area contributed by atoms with E-state index >= 15 is 0 Å². The average Bonchev–Trinajstić information content (AvgIpc) is 3.29. The molecule has 166 valence electrons. The van der Waals surface area contributed by atoms with Gasteiger partial charge in [0.15, 0.2) is 0 Å². The van der Waals surface area contributed by atoms with Gasteiger partial charge in [0.1, 0.15) is 16.4 Å². The fourth-order valence-corrected chi connectivity index (χ4v) is 5.52. The lowest BCUT2D eigenvalue weighted by Gasteiger charge is -2.37. The highest BCUT2D eigenvalue weighted by atomic mass is 32.1. The molecule has 0 bridgehead atoms. The Labute approximate surface area is 191 Å². The molecule has 1 amide bonds. The molecule has 2 aliphatic heterocycles. The minimum atomic E-state index is -1.01. The monoisotopic (exact) mass is 451 g/mol. The summed E-state index contributed by atoms with van der Waals surface area (Å²) in [5.74, 6) is -0.487. The van der Waals surface area contributed by atoms with Crippen LogP contribution >= 0.6 is 11.3 Å². The molecule has 1 aromatic heterocycles. The number of carbonyl (C=O) groups is 1. The summed E-state index contributed by atoms with van der Waals surface area (Å²) in [7, 11) is 0. The molecule has 2 aliphatic rings. The normalized spacial score (nSPS) is 18.4. The molecule has 7 heteroatoms. The second-order valence-corrected chi connectivity index (χ2v) is 9.63. The number of nitrogens with zero attached hydrogens (tertiary/aromatic N) is 3. The largest absolute Gasteiger partial charge is 0.383 e. The first-order valence-electron chi connectivity index (χ1n) is 11.0. The standard InChI is InChI=1S/C25H26FN3O2S/c26-21-7-5-19(6-8-21)24(30)29-13-10-25(31,11-14-29)22-17-32-23(27-22)16-28-12-9-18-3-1-2-4-20(18)15-28/h1-8,17,31H,9-16H2. The van der Waals surface area contributed by atoms with Gasteiger partial charge in [-0.3, -0.25) is 9.69 Å². The number of aromatic nitrogens is 1. The third-order valence-electron chi connectivity index (χ3n) is 6.57. The minimum Gasteiger partial charge on any atom is -0.383 e. The average molecular weight is 452 g/mol. The van der Waals surface area contributed by atoms with Crippen LogP contribution in [-0.4, -0.2) is 45.4 Å². The molecule has 3 aromatic rings. The van der Waals surface area contributed by atoms with Gasteiger partial charge in [0, 0.05) is 37.1 Å². The first-order chi connectivity index (χ1) is 15.5. The van der Waals surface area contributed by atoms with Crippen molar-refractivity contribution in [2.75, 3.05) is 19.6 Å². The molecule has 0 saturated carbocycles. The number of benzene rings is 2. The fourth-order valence-electron chi connectivity index (χ4n) is 4.59. The van der Waals surface area contributed by atoms with Crippen LogP contribution in [0.2, 0.25) is 0 Å². The predicted octanol–water partition coefficient (Wildman–Crippen LogP) is 3.96. The molecule has 1 fully saturated rings. The Morgan fingerprint density at radius 2 is 1.78 bits per heavy atom. The SMILES string of the molecule is O=C(c1ccc(F)cc1)N1CCC(O)(c2csc(CN3CCc4ccccc4C3)n2)CC1. The summed E-state index contributed by atoms with van der Waals surface area (Å²) in [4.78, 5) is 21.6. The molecule has 0 atom stereocenters. The van der Waals surface area contributed by atoms with E-state index in [1.54, 1.807) is 16.2 Å². The van der Waals surface area contributed by atoms with Crippen LogP contribution < -0.4 is 0 Å². The van der Waals surface area contributed by atoms with Gasteiger partial charge in [-0.15, -0.1) is 11.3 Å². The lowest BCUT2D eigenvalue weighted by atomic mass is 9.88. The molecular formula is C25H26FN3O2S. The summed E-state index contributed by atoms with van der Waals surface area (Å²) in [6, 6.07) is 14.2. The van der Waals surface area contributed by atoms with E-state index in [4.69, 9.17) is 4.98 Å². The molecule has 0 unspecified atom stereocenters. The summed E-state index contributed by atoms with van der Waals surface area (Å²) in [5.41, 5.74) is 2.98. The Balaban J connectivity index is 1.20. The molecule has 2 aromatic carbocycles. The number of hydrogen-bond acceptors (Lipinski definition) is 5. The number of amides is 1. The third-order valence-corrected chi connectivity index (χ3v) is 7.40. The van der Waals surface area contributed by atoms with Gasteiger partial charge in [-0.1, -0.05) is 24.3 Å². The van der Waals surface area contributed by atoms with Gasteiger partial charge in [-0.05, 0) is 54.7 Å². The first kappa shape index (κ1) is 21.2. The summed E-state index contributed by atoms with van der Waals surface area (Å²) in [5, 5.41) is 14.2. The Hall–Kier alpha value is -2.61. The van der Waals surface area contributed by atoms with Crippen molar-refractivity contribution in [2.45, 2.75) is 38.0 Å². The molecule has 1 N–H and O–H groups in total. The summed E-state index contributed by atoms with van der Waals surface area (Å²) in [6.07, 6.45) is 1.94. The molecule has 3 heterocycles. The van der Waals surface area contributed by atoms with E-state index in [0.29, 0.717) is 37.2 Å². The highest BCUT2D eigenvalue weighted by molar-refractivity contribution is 7.09. The molecule has 5 nitrogen and oxygen atoms in total. The number of hydrogen-bond donors (Lipinski definition) is 1. The van der Waals surface area contributed by atoms with Crippen molar-refractivity contribution in [2.24, 2.45) is 0 Å². The van der Waals surface area contributed by atoms with Gasteiger partial charge in [-0.25, -0.2) is 9.37 Å². The van der Waals surface area contributed by atoms with E-state index in [0.717, 1.165) is 31.1 Å². The quantitative estimate of drug-likeness (QED) is 0.652. The summed E-state index contributed by atoms with van der Waals surface area (Å²) >= 11 is 1.59. The zero-order valence-electron chi connectivity index (χ0n) is 17.8. The van der Waals surface area contributed by atoms with Gasteiger partial charge >= 0.3 is 0 Å². The van der Waals surface area contributed by atoms with Crippen LogP contribution in [-0.2, 0) is 25.1 Å². The van der Waals surface area contributed by atoms with Crippen LogP contribution in [0.5, 0.6) is 0 Å². The molecule has 0 spiro atoms. The molecule has 5 rings (SSSR count). The van der Waals surface area contributed by atoms with E-state index in [1.165, 1.54) is 35.4 Å². The number of carbonyl (C=O) groups excluding carboxylic acids is 1. The molecule has 0 aliphatic carbocycles. The number of aliphatic hydroxyl groups is 1. The van der Waals surface area contributed by atoms with Crippen molar-refractivity contribution in [1.82, 2.24) is 14.8 Å². The van der Waals surface area contributed by atoms with Crippen LogP contribution in [0.3, 0.4) is 0 Å². The number of fused-ring (bicyclic) bond motifs is 1. The van der Waals surface area contributed by atoms with Gasteiger partial charge in [0.2, 0.25) is 0 Å². The van der Waals surface area contributed by atoms with Crippen molar-refractivity contribution in [1.29, 1.82) is 0 Å². The van der Waals surface area contributed by atoms with Gasteiger partial charge < -0.3 is 10.0 Å². The second kappa shape index (κ2) is 8.73. The molecular weight excluding hydrogens is 425 g/mol. The predicted molar refractivity (Wildman–Crippen MR) is 122 cm³/mol. The second-order valence-electron chi connectivity index (χ2n) is 8.69. The van der Waals surface area contributed by atoms with Crippen LogP contribution in [0.1, 0.15) is 45.0 Å². The summed E-state index contributed by atoms with van der Waals surface area (Å²) < 4.78 is 13.1. The maximum atomic E-state index is 13.1. The Morgan fingerprint density at radius 1 is 1.06 bits per heavy atom. The smallest absolute Gasteiger partial charge is 0.253 e. The lowest BCUT2D eigenvalue weighted by Crippen LogP contribution is -2.45. The number of thiazole rings is 1. The first-order valence-corrected chi connectivity index (χ1v) is 11.9. The van der Waals surface area contributed by atoms with E-state index < -0.39 is 5.60 Å². The summed E-state index contributed by atoms with van der Waals surface area (Å²) in [6.45, 7) is 3.61. The molecule has 0 radical (unpaired) electrons. The third kappa shape index (κ3) is 4.33. The van der Waals surface area contributed by atoms with Crippen LogP contribution in [0, 0.1) is 5.82 Å². The minimum absolute atomic E-state index is 0.128. The van der Waals surface area contributed by atoms with Crippen LogP contribution in [0.25, 0.3) is 0 Å². The zero-order valence-corrected chi connectivity index (χ0v) is 18.7. The maximum absolute atomic E-state index is 13.1. The van der Waals surface area contributed by atoms with E-state index in [9.17, 15) is 14.3 Å². The Morgan fingerprint density at radius 3 is 2.53 bits per heavy atom. The molecule has 1 saturated heterocycles. The van der Waals surface area contributed by atoms with Gasteiger partial charge in [0.05, 0.1) is 12.2 Å². The number of halogens is 1. The number of piperidine rings is 1. The van der Waals surface area contributed by atoms with Crippen molar-refractivity contribution in [3.05, 3.63) is 87.1 Å². The van der Waals surface area contributed by atoms with Crippen LogP contribution in [0.15, 0.2) is 53.9 Å². The van der Waals surface area contributed by atoms with Crippen molar-refractivity contribution in [3.8, 4) is 0 Å². The fraction of sp³-hybridized carbons (Fsp3) is 0.360. The highest BCUT2D eigenvalue weighted by Crippen LogP contribution is 2.34. The Bertz CT molecular complexity index is 1110. The molecule has 32 heavy (non-hydrogen) atoms. The van der Waals surface area contributed by atoms with Crippen molar-refractivity contribution >= 4 is 17.2 Å². The van der Waals surface area contributed by atoms with Crippen LogP contribution in [0.4, 0.5) is 4.39 Å².